The van der Waals surface area contributed by atoms with Gasteiger partial charge in [-0.2, -0.15) is 0 Å². The Morgan fingerprint density at radius 1 is 1.27 bits per heavy atom. The Labute approximate surface area is 143 Å². The van der Waals surface area contributed by atoms with Crippen LogP contribution in [0, 0.1) is 0 Å². The van der Waals surface area contributed by atoms with E-state index in [1.807, 2.05) is 24.3 Å². The molecule has 1 N–H and O–H groups in total. The van der Waals surface area contributed by atoms with E-state index in [2.05, 4.69) is 17.1 Å². The van der Waals surface area contributed by atoms with Gasteiger partial charge in [0.15, 0.2) is 0 Å². The van der Waals surface area contributed by atoms with Crippen LogP contribution in [0.3, 0.4) is 0 Å². The minimum Gasteiger partial charge on any atom is -0.339 e. The number of hydrogen-bond donors (Lipinski definition) is 1. The van der Waals surface area contributed by atoms with Crippen LogP contribution in [0.15, 0.2) is 24.3 Å². The average Bonchev–Trinajstić information content (AvgIpc) is 2.98. The minimum absolute atomic E-state index is 0. The lowest BCUT2D eigenvalue weighted by Gasteiger charge is -2.39. The van der Waals surface area contributed by atoms with E-state index in [0.717, 1.165) is 55.9 Å². The molecule has 2 fully saturated rings. The summed E-state index contributed by atoms with van der Waals surface area (Å²) in [6.45, 7) is 4.67. The van der Waals surface area contributed by atoms with Crippen LogP contribution in [0.25, 0.3) is 0 Å². The molecule has 0 aromatic heterocycles. The number of nitrogens with one attached hydrogen (secondary N) is 1. The fourth-order valence-electron chi connectivity index (χ4n) is 3.79. The predicted octanol–water partition coefficient (Wildman–Crippen LogP) is 3.39. The molecule has 122 valence electrons. The van der Waals surface area contributed by atoms with Gasteiger partial charge in [0, 0.05) is 30.7 Å². The van der Waals surface area contributed by atoms with Gasteiger partial charge >= 0.3 is 0 Å². The molecular weight excluding hydrogens is 319 g/mol. The van der Waals surface area contributed by atoms with Crippen LogP contribution in [0.4, 0.5) is 0 Å². The number of hydrogen-bond acceptors (Lipinski definition) is 2. The van der Waals surface area contributed by atoms with Crippen LogP contribution in [-0.2, 0) is 10.2 Å². The highest BCUT2D eigenvalue weighted by Crippen LogP contribution is 2.43. The van der Waals surface area contributed by atoms with Gasteiger partial charge < -0.3 is 10.2 Å². The quantitative estimate of drug-likeness (QED) is 0.893. The van der Waals surface area contributed by atoms with E-state index in [4.69, 9.17) is 11.6 Å². The molecule has 1 aliphatic heterocycles. The van der Waals surface area contributed by atoms with E-state index in [1.165, 1.54) is 0 Å². The van der Waals surface area contributed by atoms with E-state index in [1.54, 1.807) is 0 Å². The van der Waals surface area contributed by atoms with Gasteiger partial charge in [-0.1, -0.05) is 36.6 Å². The third kappa shape index (κ3) is 3.27. The van der Waals surface area contributed by atoms with Gasteiger partial charge in [0.1, 0.15) is 0 Å². The Kier molecular flexibility index (Phi) is 5.76. The number of nitrogens with zero attached hydrogens (tertiary/aromatic N) is 1. The van der Waals surface area contributed by atoms with Crippen molar-refractivity contribution >= 4 is 29.9 Å². The van der Waals surface area contributed by atoms with Gasteiger partial charge in [0.2, 0.25) is 5.91 Å². The maximum atomic E-state index is 13.2. The van der Waals surface area contributed by atoms with E-state index >= 15 is 0 Å². The Morgan fingerprint density at radius 3 is 2.50 bits per heavy atom. The van der Waals surface area contributed by atoms with Crippen molar-refractivity contribution in [2.24, 2.45) is 0 Å². The van der Waals surface area contributed by atoms with Gasteiger partial charge in [-0.15, -0.1) is 12.4 Å². The first-order valence-electron chi connectivity index (χ1n) is 7.91. The molecule has 3 rings (SSSR count). The summed E-state index contributed by atoms with van der Waals surface area (Å²) in [4.78, 5) is 15.3. The lowest BCUT2D eigenvalue weighted by atomic mass is 9.77. The summed E-state index contributed by atoms with van der Waals surface area (Å²) in [5.41, 5.74) is 0.822. The summed E-state index contributed by atoms with van der Waals surface area (Å²) in [6, 6.07) is 8.27. The fraction of sp³-hybridized carbons (Fsp3) is 0.588. The first-order valence-corrected chi connectivity index (χ1v) is 8.28. The molecule has 1 heterocycles. The largest absolute Gasteiger partial charge is 0.339 e. The molecule has 1 aromatic rings. The summed E-state index contributed by atoms with van der Waals surface area (Å²) in [7, 11) is 0. The normalized spacial score (nSPS) is 23.9. The van der Waals surface area contributed by atoms with Crippen LogP contribution in [0.5, 0.6) is 0 Å². The lowest BCUT2D eigenvalue weighted by molar-refractivity contribution is -0.138. The number of carbonyl (C=O) groups excluding carboxylic acids is 1. The fourth-order valence-corrected chi connectivity index (χ4v) is 3.92. The SMILES string of the molecule is CC1CN(C(=O)C2(c3ccc(Cl)cc3)CCCC2)CCN1.Cl. The molecule has 5 heteroatoms. The van der Waals surface area contributed by atoms with Crippen molar-refractivity contribution in [1.29, 1.82) is 0 Å². The first-order chi connectivity index (χ1) is 10.1. The second-order valence-corrected chi connectivity index (χ2v) is 6.84. The highest BCUT2D eigenvalue weighted by molar-refractivity contribution is 6.30. The van der Waals surface area contributed by atoms with E-state index < -0.39 is 0 Å². The van der Waals surface area contributed by atoms with E-state index in [-0.39, 0.29) is 17.8 Å². The monoisotopic (exact) mass is 342 g/mol. The highest BCUT2D eigenvalue weighted by atomic mass is 35.5. The van der Waals surface area contributed by atoms with Gasteiger partial charge in [-0.25, -0.2) is 0 Å². The van der Waals surface area contributed by atoms with Gasteiger partial charge in [-0.3, -0.25) is 4.79 Å². The smallest absolute Gasteiger partial charge is 0.233 e. The zero-order chi connectivity index (χ0) is 14.9. The van der Waals surface area contributed by atoms with Gasteiger partial charge in [-0.05, 0) is 37.5 Å². The standard InChI is InChI=1S/C17H23ClN2O.ClH/c1-13-12-20(11-10-19-13)16(21)17(8-2-3-9-17)14-4-6-15(18)7-5-14;/h4-7,13,19H,2-3,8-12H2,1H3;1H. The third-order valence-corrected chi connectivity index (χ3v) is 5.17. The van der Waals surface area contributed by atoms with Crippen molar-refractivity contribution < 1.29 is 4.79 Å². The zero-order valence-electron chi connectivity index (χ0n) is 13.0. The third-order valence-electron chi connectivity index (χ3n) is 4.92. The molecule has 0 radical (unpaired) electrons. The van der Waals surface area contributed by atoms with Crippen molar-refractivity contribution in [1.82, 2.24) is 10.2 Å². The summed E-state index contributed by atoms with van der Waals surface area (Å²) in [5.74, 6) is 0.315. The number of carbonyl (C=O) groups is 1. The van der Waals surface area contributed by atoms with Crippen molar-refractivity contribution in [3.8, 4) is 0 Å². The topological polar surface area (TPSA) is 32.3 Å². The molecule has 1 unspecified atom stereocenters. The van der Waals surface area contributed by atoms with Crippen LogP contribution in [-0.4, -0.2) is 36.5 Å². The molecule has 22 heavy (non-hydrogen) atoms. The number of benzene rings is 1. The van der Waals surface area contributed by atoms with Crippen LogP contribution >= 0.6 is 24.0 Å². The average molecular weight is 343 g/mol. The summed E-state index contributed by atoms with van der Waals surface area (Å²) in [5, 5.41) is 4.14. The van der Waals surface area contributed by atoms with Gasteiger partial charge in [0.05, 0.1) is 5.41 Å². The molecule has 1 saturated heterocycles. The summed E-state index contributed by atoms with van der Waals surface area (Å²) in [6.07, 6.45) is 4.20. The molecular formula is C17H24Cl2N2O. The Balaban J connectivity index is 0.00000176. The van der Waals surface area contributed by atoms with Crippen molar-refractivity contribution in [3.05, 3.63) is 34.9 Å². The van der Waals surface area contributed by atoms with Crippen LogP contribution < -0.4 is 5.32 Å². The molecule has 0 spiro atoms. The van der Waals surface area contributed by atoms with Crippen molar-refractivity contribution in [3.63, 3.8) is 0 Å². The number of amides is 1. The second-order valence-electron chi connectivity index (χ2n) is 6.40. The number of piperazine rings is 1. The van der Waals surface area contributed by atoms with Crippen molar-refractivity contribution in [2.45, 2.75) is 44.1 Å². The van der Waals surface area contributed by atoms with Crippen LogP contribution in [0.2, 0.25) is 5.02 Å². The zero-order valence-corrected chi connectivity index (χ0v) is 14.6. The van der Waals surface area contributed by atoms with E-state index in [0.29, 0.717) is 11.9 Å². The molecule has 2 aliphatic rings. The molecule has 1 aromatic carbocycles. The first kappa shape index (κ1) is 17.6. The van der Waals surface area contributed by atoms with Crippen LogP contribution in [0.1, 0.15) is 38.2 Å². The predicted molar refractivity (Wildman–Crippen MR) is 92.9 cm³/mol. The molecule has 3 nitrogen and oxygen atoms in total. The minimum atomic E-state index is -0.318. The van der Waals surface area contributed by atoms with Crippen molar-refractivity contribution in [2.75, 3.05) is 19.6 Å². The molecule has 0 bridgehead atoms. The maximum Gasteiger partial charge on any atom is 0.233 e. The Morgan fingerprint density at radius 2 is 1.91 bits per heavy atom. The molecule has 1 amide bonds. The summed E-state index contributed by atoms with van der Waals surface area (Å²) >= 11 is 6.01. The number of rotatable bonds is 2. The number of halogens is 2. The Bertz CT molecular complexity index is 512. The molecule has 1 aliphatic carbocycles. The van der Waals surface area contributed by atoms with Gasteiger partial charge in [0.25, 0.3) is 0 Å². The maximum absolute atomic E-state index is 13.2. The highest BCUT2D eigenvalue weighted by Gasteiger charge is 2.45. The Hall–Kier alpha value is -0.770. The second kappa shape index (κ2) is 7.20. The molecule has 1 atom stereocenters. The summed E-state index contributed by atoms with van der Waals surface area (Å²) < 4.78 is 0. The molecule has 1 saturated carbocycles. The van der Waals surface area contributed by atoms with E-state index in [9.17, 15) is 4.79 Å². The lowest BCUT2D eigenvalue weighted by Crippen LogP contribution is -2.56.